The third-order valence-electron chi connectivity index (χ3n) is 3.41. The van der Waals surface area contributed by atoms with E-state index in [1.165, 1.54) is 0 Å². The third-order valence-corrected chi connectivity index (χ3v) is 4.01. The minimum absolute atomic E-state index is 0.0687. The second kappa shape index (κ2) is 4.97. The number of benzene rings is 1. The van der Waals surface area contributed by atoms with Crippen molar-refractivity contribution in [3.05, 3.63) is 33.8 Å². The first-order valence-corrected chi connectivity index (χ1v) is 6.53. The second-order valence-electron chi connectivity index (χ2n) is 4.70. The minimum Gasteiger partial charge on any atom is -0.319 e. The first-order chi connectivity index (χ1) is 8.01. The monoisotopic (exact) mass is 271 g/mol. The molecule has 0 radical (unpaired) electrons. The summed E-state index contributed by atoms with van der Waals surface area (Å²) in [4.78, 5) is 12.2. The van der Waals surface area contributed by atoms with E-state index in [9.17, 15) is 4.79 Å². The molecule has 0 heterocycles. The van der Waals surface area contributed by atoms with E-state index in [1.54, 1.807) is 18.2 Å². The Hall–Kier alpha value is -0.570. The van der Waals surface area contributed by atoms with Gasteiger partial charge in [-0.1, -0.05) is 36.0 Å². The molecular weight excluding hydrogens is 257 g/mol. The lowest BCUT2D eigenvalue weighted by Gasteiger charge is -2.22. The molecule has 1 aliphatic rings. The number of nitrogens with two attached hydrogens (primary N) is 1. The van der Waals surface area contributed by atoms with Crippen molar-refractivity contribution in [2.24, 2.45) is 5.73 Å². The molecule has 0 bridgehead atoms. The molecule has 0 saturated heterocycles. The van der Waals surface area contributed by atoms with Gasteiger partial charge in [-0.25, -0.2) is 0 Å². The van der Waals surface area contributed by atoms with E-state index in [4.69, 9.17) is 28.9 Å². The van der Waals surface area contributed by atoms with Crippen LogP contribution in [0.25, 0.3) is 0 Å². The summed E-state index contributed by atoms with van der Waals surface area (Å²) >= 11 is 11.9. The SMILES string of the molecule is NC1(C(=O)Cc2cc(Cl)ccc2Cl)CCCC1. The first-order valence-electron chi connectivity index (χ1n) is 5.77. The quantitative estimate of drug-likeness (QED) is 0.916. The average Bonchev–Trinajstić information content (AvgIpc) is 2.72. The Bertz CT molecular complexity index is 439. The number of ketones is 1. The maximum absolute atomic E-state index is 12.2. The lowest BCUT2D eigenvalue weighted by molar-refractivity contribution is -0.123. The van der Waals surface area contributed by atoms with Crippen molar-refractivity contribution in [2.75, 3.05) is 0 Å². The molecule has 0 aliphatic heterocycles. The van der Waals surface area contributed by atoms with Gasteiger partial charge in [0.05, 0.1) is 5.54 Å². The Morgan fingerprint density at radius 3 is 2.59 bits per heavy atom. The number of Topliss-reactive ketones (excluding diaryl/α,β-unsaturated/α-hetero) is 1. The summed E-state index contributed by atoms with van der Waals surface area (Å²) in [5, 5.41) is 1.17. The lowest BCUT2D eigenvalue weighted by Crippen LogP contribution is -2.46. The molecule has 2 nitrogen and oxygen atoms in total. The average molecular weight is 272 g/mol. The van der Waals surface area contributed by atoms with E-state index < -0.39 is 5.54 Å². The Morgan fingerprint density at radius 2 is 1.94 bits per heavy atom. The van der Waals surface area contributed by atoms with Gasteiger partial charge in [0.25, 0.3) is 0 Å². The number of halogens is 2. The van der Waals surface area contributed by atoms with Gasteiger partial charge in [-0.2, -0.15) is 0 Å². The fourth-order valence-corrected chi connectivity index (χ4v) is 2.69. The van der Waals surface area contributed by atoms with Crippen LogP contribution in [0, 0.1) is 0 Å². The molecule has 0 amide bonds. The fraction of sp³-hybridized carbons (Fsp3) is 0.462. The molecule has 1 fully saturated rings. The van der Waals surface area contributed by atoms with Gasteiger partial charge < -0.3 is 5.73 Å². The summed E-state index contributed by atoms with van der Waals surface area (Å²) in [6.45, 7) is 0. The highest BCUT2D eigenvalue weighted by atomic mass is 35.5. The van der Waals surface area contributed by atoms with Crippen LogP contribution in [-0.2, 0) is 11.2 Å². The van der Waals surface area contributed by atoms with E-state index in [1.807, 2.05) is 0 Å². The summed E-state index contributed by atoms with van der Waals surface area (Å²) in [5.74, 6) is 0.0687. The topological polar surface area (TPSA) is 43.1 Å². The van der Waals surface area contributed by atoms with Gasteiger partial charge in [0.1, 0.15) is 0 Å². The number of hydrogen-bond acceptors (Lipinski definition) is 2. The molecule has 1 aromatic carbocycles. The van der Waals surface area contributed by atoms with Gasteiger partial charge in [-0.05, 0) is 36.6 Å². The van der Waals surface area contributed by atoms with E-state index in [2.05, 4.69) is 0 Å². The van der Waals surface area contributed by atoms with Gasteiger partial charge in [0.2, 0.25) is 0 Å². The van der Waals surface area contributed by atoms with Crippen LogP contribution in [0.1, 0.15) is 31.2 Å². The zero-order valence-electron chi connectivity index (χ0n) is 9.51. The van der Waals surface area contributed by atoms with Crippen molar-refractivity contribution in [3.8, 4) is 0 Å². The molecule has 2 N–H and O–H groups in total. The van der Waals surface area contributed by atoms with Crippen molar-refractivity contribution in [1.82, 2.24) is 0 Å². The molecule has 1 aliphatic carbocycles. The number of carbonyl (C=O) groups excluding carboxylic acids is 1. The largest absolute Gasteiger partial charge is 0.319 e. The molecule has 2 rings (SSSR count). The smallest absolute Gasteiger partial charge is 0.157 e. The Kier molecular flexibility index (Phi) is 3.76. The first kappa shape index (κ1) is 12.9. The van der Waals surface area contributed by atoms with Crippen LogP contribution in [0.4, 0.5) is 0 Å². The summed E-state index contributed by atoms with van der Waals surface area (Å²) in [6, 6.07) is 5.16. The summed E-state index contributed by atoms with van der Waals surface area (Å²) in [7, 11) is 0. The molecule has 92 valence electrons. The zero-order chi connectivity index (χ0) is 12.5. The maximum Gasteiger partial charge on any atom is 0.157 e. The van der Waals surface area contributed by atoms with Gasteiger partial charge in [-0.15, -0.1) is 0 Å². The van der Waals surface area contributed by atoms with E-state index in [0.717, 1.165) is 31.2 Å². The molecule has 4 heteroatoms. The van der Waals surface area contributed by atoms with Gasteiger partial charge >= 0.3 is 0 Å². The van der Waals surface area contributed by atoms with Crippen LogP contribution < -0.4 is 5.73 Å². The maximum atomic E-state index is 12.2. The number of carbonyl (C=O) groups is 1. The Balaban J connectivity index is 2.15. The van der Waals surface area contributed by atoms with Gasteiger partial charge in [0.15, 0.2) is 5.78 Å². The Labute approximate surface area is 111 Å². The van der Waals surface area contributed by atoms with Gasteiger partial charge in [-0.3, -0.25) is 4.79 Å². The predicted molar refractivity (Wildman–Crippen MR) is 70.6 cm³/mol. The molecule has 0 atom stereocenters. The molecule has 0 aromatic heterocycles. The van der Waals surface area contributed by atoms with Crippen LogP contribution in [-0.4, -0.2) is 11.3 Å². The second-order valence-corrected chi connectivity index (χ2v) is 5.54. The van der Waals surface area contributed by atoms with E-state index in [0.29, 0.717) is 10.0 Å². The van der Waals surface area contributed by atoms with Crippen LogP contribution in [0.2, 0.25) is 10.0 Å². The molecular formula is C13H15Cl2NO. The van der Waals surface area contributed by atoms with Gasteiger partial charge in [0, 0.05) is 16.5 Å². The zero-order valence-corrected chi connectivity index (χ0v) is 11.0. The van der Waals surface area contributed by atoms with Crippen molar-refractivity contribution in [2.45, 2.75) is 37.6 Å². The summed E-state index contributed by atoms with van der Waals surface area (Å²) in [6.07, 6.45) is 3.90. The highest BCUT2D eigenvalue weighted by molar-refractivity contribution is 6.33. The molecule has 1 aromatic rings. The lowest BCUT2D eigenvalue weighted by atomic mass is 9.89. The van der Waals surface area contributed by atoms with E-state index in [-0.39, 0.29) is 12.2 Å². The predicted octanol–water partition coefficient (Wildman–Crippen LogP) is 3.38. The number of rotatable bonds is 3. The van der Waals surface area contributed by atoms with Crippen molar-refractivity contribution in [3.63, 3.8) is 0 Å². The van der Waals surface area contributed by atoms with Crippen LogP contribution >= 0.6 is 23.2 Å². The molecule has 0 unspecified atom stereocenters. The van der Waals surface area contributed by atoms with Crippen LogP contribution in [0.5, 0.6) is 0 Å². The van der Waals surface area contributed by atoms with Crippen molar-refractivity contribution < 1.29 is 4.79 Å². The highest BCUT2D eigenvalue weighted by Gasteiger charge is 2.36. The van der Waals surface area contributed by atoms with E-state index >= 15 is 0 Å². The molecule has 1 saturated carbocycles. The highest BCUT2D eigenvalue weighted by Crippen LogP contribution is 2.30. The van der Waals surface area contributed by atoms with Crippen LogP contribution in [0.3, 0.4) is 0 Å². The standard InChI is InChI=1S/C13H15Cl2NO/c14-10-3-4-11(15)9(7-10)8-12(17)13(16)5-1-2-6-13/h3-4,7H,1-2,5-6,8,16H2. The van der Waals surface area contributed by atoms with Crippen molar-refractivity contribution in [1.29, 1.82) is 0 Å². The third kappa shape index (κ3) is 2.82. The normalized spacial score (nSPS) is 18.3. The number of hydrogen-bond donors (Lipinski definition) is 1. The molecule has 0 spiro atoms. The van der Waals surface area contributed by atoms with Crippen molar-refractivity contribution >= 4 is 29.0 Å². The molecule has 17 heavy (non-hydrogen) atoms. The summed E-state index contributed by atoms with van der Waals surface area (Å²) in [5.41, 5.74) is 6.23. The van der Waals surface area contributed by atoms with Crippen LogP contribution in [0.15, 0.2) is 18.2 Å². The fourth-order valence-electron chi connectivity index (χ4n) is 2.31. The Morgan fingerprint density at radius 1 is 1.29 bits per heavy atom. The summed E-state index contributed by atoms with van der Waals surface area (Å²) < 4.78 is 0. The minimum atomic E-state index is -0.647.